The second kappa shape index (κ2) is 8.32. The van der Waals surface area contributed by atoms with Crippen LogP contribution in [0.2, 0.25) is 0 Å². The third-order valence-corrected chi connectivity index (χ3v) is 5.17. The van der Waals surface area contributed by atoms with Crippen LogP contribution in [0, 0.1) is 0 Å². The van der Waals surface area contributed by atoms with Crippen LogP contribution < -0.4 is 10.9 Å². The number of amides is 1. The fraction of sp³-hybridized carbons (Fsp3) is 0.429. The van der Waals surface area contributed by atoms with Gasteiger partial charge in [-0.3, -0.25) is 9.59 Å². The zero-order chi connectivity index (χ0) is 18.5. The molecule has 1 aliphatic rings. The molecule has 1 aliphatic carbocycles. The fourth-order valence-electron chi connectivity index (χ4n) is 3.66. The summed E-state index contributed by atoms with van der Waals surface area (Å²) in [6.45, 7) is -0.221. The van der Waals surface area contributed by atoms with Gasteiger partial charge in [0.05, 0.1) is 12.6 Å². The van der Waals surface area contributed by atoms with Gasteiger partial charge in [-0.2, -0.15) is 0 Å². The van der Waals surface area contributed by atoms with E-state index >= 15 is 0 Å². The van der Waals surface area contributed by atoms with Gasteiger partial charge in [0.1, 0.15) is 5.56 Å². The average Bonchev–Trinajstić information content (AvgIpc) is 2.64. The minimum atomic E-state index is -0.532. The molecule has 1 aromatic heterocycles. The van der Waals surface area contributed by atoms with Crippen LogP contribution in [0.5, 0.6) is 0 Å². The normalized spacial score (nSPS) is 15.5. The van der Waals surface area contributed by atoms with Crippen LogP contribution >= 0.6 is 0 Å². The number of benzene rings is 1. The summed E-state index contributed by atoms with van der Waals surface area (Å²) in [5.74, 6) is -0.432. The third kappa shape index (κ3) is 3.88. The Bertz CT molecular complexity index is 827. The van der Waals surface area contributed by atoms with Crippen molar-refractivity contribution in [2.75, 3.05) is 6.61 Å². The van der Waals surface area contributed by atoms with Crippen LogP contribution in [0.15, 0.2) is 41.2 Å². The van der Waals surface area contributed by atoms with Crippen molar-refractivity contribution in [1.29, 1.82) is 0 Å². The molecule has 1 amide bonds. The van der Waals surface area contributed by atoms with E-state index in [1.54, 1.807) is 17.7 Å². The lowest BCUT2D eigenvalue weighted by atomic mass is 9.95. The first-order valence-corrected chi connectivity index (χ1v) is 9.30. The van der Waals surface area contributed by atoms with E-state index in [1.165, 1.54) is 12.8 Å². The number of nitrogens with one attached hydrogen (secondary N) is 1. The Morgan fingerprint density at radius 1 is 1.15 bits per heavy atom. The number of aliphatic hydroxyl groups is 1. The first-order valence-electron chi connectivity index (χ1n) is 9.30. The Labute approximate surface area is 153 Å². The number of hydrogen-bond donors (Lipinski definition) is 2. The molecule has 2 aromatic rings. The molecule has 0 spiro atoms. The van der Waals surface area contributed by atoms with Gasteiger partial charge in [-0.15, -0.1) is 0 Å². The molecule has 1 atom stereocenters. The van der Waals surface area contributed by atoms with Crippen LogP contribution in [-0.2, 0) is 19.9 Å². The van der Waals surface area contributed by atoms with Crippen molar-refractivity contribution in [3.63, 3.8) is 0 Å². The molecule has 26 heavy (non-hydrogen) atoms. The van der Waals surface area contributed by atoms with Crippen LogP contribution in [0.1, 0.15) is 58.9 Å². The summed E-state index contributed by atoms with van der Waals surface area (Å²) >= 11 is 0. The van der Waals surface area contributed by atoms with E-state index in [0.717, 1.165) is 42.5 Å². The number of aromatic nitrogens is 1. The SMILES string of the molecule is Cn1c2c(cc(C(=O)N[C@@H](CO)c3ccccc3)c1=O)CCCCCC2. The molecule has 5 nitrogen and oxygen atoms in total. The molecule has 5 heteroatoms. The highest BCUT2D eigenvalue weighted by Crippen LogP contribution is 2.20. The minimum Gasteiger partial charge on any atom is -0.394 e. The van der Waals surface area contributed by atoms with Crippen LogP contribution in [-0.4, -0.2) is 22.2 Å². The summed E-state index contributed by atoms with van der Waals surface area (Å²) in [4.78, 5) is 25.5. The highest BCUT2D eigenvalue weighted by atomic mass is 16.3. The molecule has 0 radical (unpaired) electrons. The molecule has 0 fully saturated rings. The Hall–Kier alpha value is -2.40. The maximum Gasteiger partial charge on any atom is 0.263 e. The number of aliphatic hydroxyl groups excluding tert-OH is 1. The lowest BCUT2D eigenvalue weighted by molar-refractivity contribution is 0.0914. The molecular formula is C21H26N2O3. The van der Waals surface area contributed by atoms with E-state index in [-0.39, 0.29) is 17.7 Å². The van der Waals surface area contributed by atoms with Crippen molar-refractivity contribution < 1.29 is 9.90 Å². The van der Waals surface area contributed by atoms with Crippen molar-refractivity contribution in [3.8, 4) is 0 Å². The second-order valence-electron chi connectivity index (χ2n) is 6.93. The van der Waals surface area contributed by atoms with E-state index in [1.807, 2.05) is 30.3 Å². The molecule has 1 heterocycles. The molecule has 138 valence electrons. The topological polar surface area (TPSA) is 71.3 Å². The molecule has 3 rings (SSSR count). The predicted octanol–water partition coefficient (Wildman–Crippen LogP) is 2.51. The van der Waals surface area contributed by atoms with Gasteiger partial charge in [0.2, 0.25) is 0 Å². The smallest absolute Gasteiger partial charge is 0.263 e. The number of hydrogen-bond acceptors (Lipinski definition) is 3. The monoisotopic (exact) mass is 354 g/mol. The number of pyridine rings is 1. The van der Waals surface area contributed by atoms with Crippen LogP contribution in [0.4, 0.5) is 0 Å². The van der Waals surface area contributed by atoms with Gasteiger partial charge in [0, 0.05) is 12.7 Å². The lowest BCUT2D eigenvalue weighted by Crippen LogP contribution is -2.37. The zero-order valence-corrected chi connectivity index (χ0v) is 15.2. The Balaban J connectivity index is 1.90. The van der Waals surface area contributed by atoms with Crippen LogP contribution in [0.3, 0.4) is 0 Å². The largest absolute Gasteiger partial charge is 0.394 e. The third-order valence-electron chi connectivity index (χ3n) is 5.17. The van der Waals surface area contributed by atoms with Crippen molar-refractivity contribution in [2.45, 2.75) is 44.6 Å². The van der Waals surface area contributed by atoms with E-state index in [0.29, 0.717) is 0 Å². The van der Waals surface area contributed by atoms with Gasteiger partial charge in [0.25, 0.3) is 11.5 Å². The number of rotatable bonds is 4. The molecule has 0 aliphatic heterocycles. The number of nitrogens with zero attached hydrogens (tertiary/aromatic N) is 1. The standard InChI is InChI=1S/C21H26N2O3/c1-23-19-12-8-3-2-5-11-16(19)13-17(21(23)26)20(25)22-18(14-24)15-9-6-4-7-10-15/h4,6-7,9-10,13,18,24H,2-3,5,8,11-12,14H2,1H3,(H,22,25)/t18-/m0/s1. The average molecular weight is 354 g/mol. The number of carbonyl (C=O) groups excluding carboxylic acids is 1. The van der Waals surface area contributed by atoms with Gasteiger partial charge in [-0.05, 0) is 42.9 Å². The quantitative estimate of drug-likeness (QED) is 0.886. The number of carbonyl (C=O) groups is 1. The molecule has 0 saturated carbocycles. The van der Waals surface area contributed by atoms with Gasteiger partial charge in [-0.1, -0.05) is 43.2 Å². The maximum absolute atomic E-state index is 12.8. The molecule has 0 bridgehead atoms. The molecular weight excluding hydrogens is 328 g/mol. The molecule has 1 aromatic carbocycles. The summed E-state index contributed by atoms with van der Waals surface area (Å²) in [6.07, 6.45) is 6.30. The Morgan fingerprint density at radius 2 is 1.85 bits per heavy atom. The van der Waals surface area contributed by atoms with Crippen molar-refractivity contribution in [3.05, 3.63) is 69.1 Å². The predicted molar refractivity (Wildman–Crippen MR) is 101 cm³/mol. The number of aryl methyl sites for hydroxylation is 1. The first-order chi connectivity index (χ1) is 12.6. The van der Waals surface area contributed by atoms with Crippen molar-refractivity contribution >= 4 is 5.91 Å². The lowest BCUT2D eigenvalue weighted by Gasteiger charge is -2.20. The van der Waals surface area contributed by atoms with Crippen molar-refractivity contribution in [1.82, 2.24) is 9.88 Å². The highest BCUT2D eigenvalue weighted by molar-refractivity contribution is 5.94. The van der Waals surface area contributed by atoms with Crippen molar-refractivity contribution in [2.24, 2.45) is 7.05 Å². The second-order valence-corrected chi connectivity index (χ2v) is 6.93. The summed E-state index contributed by atoms with van der Waals surface area (Å²) in [5, 5.41) is 12.5. The van der Waals surface area contributed by atoms with E-state index in [9.17, 15) is 14.7 Å². The first kappa shape index (κ1) is 18.4. The van der Waals surface area contributed by atoms with E-state index in [2.05, 4.69) is 5.32 Å². The van der Waals surface area contributed by atoms with E-state index in [4.69, 9.17) is 0 Å². The highest BCUT2D eigenvalue weighted by Gasteiger charge is 2.21. The summed E-state index contributed by atoms with van der Waals surface area (Å²) < 4.78 is 1.63. The summed E-state index contributed by atoms with van der Waals surface area (Å²) in [6, 6.07) is 10.5. The molecule has 0 saturated heterocycles. The summed E-state index contributed by atoms with van der Waals surface area (Å²) in [5.41, 5.74) is 2.84. The van der Waals surface area contributed by atoms with Gasteiger partial charge in [-0.25, -0.2) is 0 Å². The van der Waals surface area contributed by atoms with Gasteiger partial charge >= 0.3 is 0 Å². The molecule has 0 unspecified atom stereocenters. The number of fused-ring (bicyclic) bond motifs is 1. The van der Waals surface area contributed by atoms with Crippen LogP contribution in [0.25, 0.3) is 0 Å². The Morgan fingerprint density at radius 3 is 2.54 bits per heavy atom. The van der Waals surface area contributed by atoms with E-state index < -0.39 is 11.9 Å². The molecule has 2 N–H and O–H groups in total. The summed E-state index contributed by atoms with van der Waals surface area (Å²) in [7, 11) is 1.75. The fourth-order valence-corrected chi connectivity index (χ4v) is 3.66. The minimum absolute atomic E-state index is 0.154. The maximum atomic E-state index is 12.8. The van der Waals surface area contributed by atoms with Gasteiger partial charge in [0.15, 0.2) is 0 Å². The van der Waals surface area contributed by atoms with Gasteiger partial charge < -0.3 is 15.0 Å². The zero-order valence-electron chi connectivity index (χ0n) is 15.2. The Kier molecular flexibility index (Phi) is 5.89.